The third-order valence-corrected chi connectivity index (χ3v) is 4.56. The quantitative estimate of drug-likeness (QED) is 0.314. The molecule has 0 aliphatic rings. The van der Waals surface area contributed by atoms with Crippen molar-refractivity contribution >= 4 is 51.5 Å². The Hall–Kier alpha value is -2.66. The van der Waals surface area contributed by atoms with Crippen molar-refractivity contribution in [3.63, 3.8) is 0 Å². The molecule has 8 nitrogen and oxygen atoms in total. The van der Waals surface area contributed by atoms with Crippen molar-refractivity contribution in [2.45, 2.75) is 0 Å². The van der Waals surface area contributed by atoms with Gasteiger partial charge in [0.15, 0.2) is 0 Å². The van der Waals surface area contributed by atoms with Crippen LogP contribution in [-0.4, -0.2) is 20.6 Å². The van der Waals surface area contributed by atoms with E-state index in [1.807, 2.05) is 22.6 Å². The van der Waals surface area contributed by atoms with E-state index in [9.17, 15) is 14.9 Å². The van der Waals surface area contributed by atoms with E-state index in [0.29, 0.717) is 20.0 Å². The number of aryl methyl sites for hydroxylation is 1. The van der Waals surface area contributed by atoms with Crippen molar-refractivity contribution in [2.75, 3.05) is 5.32 Å². The zero-order valence-corrected chi connectivity index (χ0v) is 16.8. The van der Waals surface area contributed by atoms with Crippen molar-refractivity contribution in [1.82, 2.24) is 9.78 Å². The fourth-order valence-corrected chi connectivity index (χ4v) is 3.16. The molecule has 3 rings (SSSR count). The molecule has 2 aromatic carbocycles. The predicted octanol–water partition coefficient (Wildman–Crippen LogP) is 4.63. The summed E-state index contributed by atoms with van der Waals surface area (Å²) in [5.41, 5.74) is 0.369. The third-order valence-electron chi connectivity index (χ3n) is 3.52. The van der Waals surface area contributed by atoms with Gasteiger partial charge in [0.25, 0.3) is 11.6 Å². The highest BCUT2D eigenvalue weighted by atomic mass is 127. The van der Waals surface area contributed by atoms with Gasteiger partial charge in [-0.25, -0.2) is 0 Å². The lowest BCUT2D eigenvalue weighted by atomic mass is 10.2. The second kappa shape index (κ2) is 7.92. The number of nitro groups is 1. The summed E-state index contributed by atoms with van der Waals surface area (Å²) in [5, 5.41) is 18.4. The molecule has 0 radical (unpaired) electrons. The van der Waals surface area contributed by atoms with Crippen LogP contribution in [0.4, 0.5) is 11.4 Å². The molecular formula is C17H12ClIN4O4. The summed E-state index contributed by atoms with van der Waals surface area (Å²) in [6.07, 6.45) is 1.55. The molecule has 1 amide bonds. The second-order valence-electron chi connectivity index (χ2n) is 5.45. The number of non-ortho nitro benzene ring substituents is 1. The van der Waals surface area contributed by atoms with E-state index in [1.54, 1.807) is 37.5 Å². The van der Waals surface area contributed by atoms with Crippen molar-refractivity contribution < 1.29 is 14.5 Å². The van der Waals surface area contributed by atoms with Crippen LogP contribution < -0.4 is 10.1 Å². The molecule has 0 saturated heterocycles. The number of nitro benzene ring substituents is 1. The van der Waals surface area contributed by atoms with E-state index >= 15 is 0 Å². The lowest BCUT2D eigenvalue weighted by Gasteiger charge is -2.10. The van der Waals surface area contributed by atoms with Gasteiger partial charge in [-0.15, -0.1) is 0 Å². The standard InChI is InChI=1S/C17H12ClIN4O4/c1-22-16(15(19)9-20-22)17(24)21-11-6-12(23(25)26)8-14(7-11)27-13-4-2-10(18)3-5-13/h2-9H,1H3,(H,21,24). The van der Waals surface area contributed by atoms with E-state index in [-0.39, 0.29) is 17.1 Å². The molecule has 1 heterocycles. The van der Waals surface area contributed by atoms with Crippen LogP contribution in [0.25, 0.3) is 0 Å². The minimum Gasteiger partial charge on any atom is -0.457 e. The summed E-state index contributed by atoms with van der Waals surface area (Å²) < 4.78 is 7.74. The highest BCUT2D eigenvalue weighted by molar-refractivity contribution is 14.1. The number of benzene rings is 2. The first-order chi connectivity index (χ1) is 12.8. The maximum atomic E-state index is 12.5. The maximum Gasteiger partial charge on any atom is 0.275 e. The van der Waals surface area contributed by atoms with Gasteiger partial charge in [-0.3, -0.25) is 19.6 Å². The van der Waals surface area contributed by atoms with Crippen LogP contribution in [0.3, 0.4) is 0 Å². The Balaban J connectivity index is 1.90. The number of hydrogen-bond acceptors (Lipinski definition) is 5. The normalized spacial score (nSPS) is 10.5. The smallest absolute Gasteiger partial charge is 0.275 e. The zero-order valence-electron chi connectivity index (χ0n) is 13.8. The molecule has 0 spiro atoms. The van der Waals surface area contributed by atoms with E-state index in [2.05, 4.69) is 10.4 Å². The van der Waals surface area contributed by atoms with Crippen LogP contribution in [0.1, 0.15) is 10.5 Å². The molecule has 10 heteroatoms. The fraction of sp³-hybridized carbons (Fsp3) is 0.0588. The molecule has 0 saturated carbocycles. The number of carbonyl (C=O) groups is 1. The average Bonchev–Trinajstić information content (AvgIpc) is 2.95. The molecule has 0 aliphatic carbocycles. The van der Waals surface area contributed by atoms with E-state index < -0.39 is 10.8 Å². The molecule has 1 aromatic heterocycles. The third kappa shape index (κ3) is 4.55. The van der Waals surface area contributed by atoms with Gasteiger partial charge in [-0.05, 0) is 46.9 Å². The first-order valence-corrected chi connectivity index (χ1v) is 9.01. The Morgan fingerprint density at radius 1 is 1.26 bits per heavy atom. The Kier molecular flexibility index (Phi) is 5.61. The molecule has 1 N–H and O–H groups in total. The monoisotopic (exact) mass is 498 g/mol. The summed E-state index contributed by atoms with van der Waals surface area (Å²) in [4.78, 5) is 23.2. The molecule has 0 unspecified atom stereocenters. The molecule has 3 aromatic rings. The van der Waals surface area contributed by atoms with Gasteiger partial charge in [0.2, 0.25) is 0 Å². The number of amides is 1. The second-order valence-corrected chi connectivity index (χ2v) is 7.05. The Bertz CT molecular complexity index is 1000. The number of rotatable bonds is 5. The van der Waals surface area contributed by atoms with Crippen LogP contribution in [0.2, 0.25) is 5.02 Å². The fourth-order valence-electron chi connectivity index (χ4n) is 2.32. The van der Waals surface area contributed by atoms with Gasteiger partial charge < -0.3 is 10.1 Å². The molecular weight excluding hydrogens is 487 g/mol. The van der Waals surface area contributed by atoms with Crippen LogP contribution in [0.5, 0.6) is 11.5 Å². The lowest BCUT2D eigenvalue weighted by molar-refractivity contribution is -0.384. The topological polar surface area (TPSA) is 99.3 Å². The number of hydrogen-bond donors (Lipinski definition) is 1. The van der Waals surface area contributed by atoms with Crippen LogP contribution in [0.15, 0.2) is 48.7 Å². The van der Waals surface area contributed by atoms with Crippen molar-refractivity contribution in [3.8, 4) is 11.5 Å². The average molecular weight is 499 g/mol. The minimum atomic E-state index is -0.557. The molecule has 27 heavy (non-hydrogen) atoms. The number of aromatic nitrogens is 2. The van der Waals surface area contributed by atoms with E-state index in [0.717, 1.165) is 0 Å². The van der Waals surface area contributed by atoms with Crippen LogP contribution in [0, 0.1) is 13.7 Å². The predicted molar refractivity (Wildman–Crippen MR) is 109 cm³/mol. The van der Waals surface area contributed by atoms with Crippen molar-refractivity contribution in [1.29, 1.82) is 0 Å². The largest absolute Gasteiger partial charge is 0.457 e. The lowest BCUT2D eigenvalue weighted by Crippen LogP contribution is -2.17. The van der Waals surface area contributed by atoms with Crippen LogP contribution in [-0.2, 0) is 7.05 Å². The summed E-state index contributed by atoms with van der Waals surface area (Å²) in [7, 11) is 1.64. The number of nitrogens with zero attached hydrogens (tertiary/aromatic N) is 3. The number of ether oxygens (including phenoxy) is 1. The summed E-state index contributed by atoms with van der Waals surface area (Å²) >= 11 is 7.83. The van der Waals surface area contributed by atoms with E-state index in [4.69, 9.17) is 16.3 Å². The van der Waals surface area contributed by atoms with Gasteiger partial charge in [-0.1, -0.05) is 11.6 Å². The van der Waals surface area contributed by atoms with Crippen LogP contribution >= 0.6 is 34.2 Å². The molecule has 0 aliphatic heterocycles. The zero-order chi connectivity index (χ0) is 19.6. The summed E-state index contributed by atoms with van der Waals surface area (Å²) in [6.45, 7) is 0. The number of nitrogens with one attached hydrogen (secondary N) is 1. The molecule has 0 bridgehead atoms. The first kappa shape index (κ1) is 19.1. The maximum absolute atomic E-state index is 12.5. The molecule has 138 valence electrons. The number of anilines is 1. The Morgan fingerprint density at radius 2 is 1.96 bits per heavy atom. The van der Waals surface area contributed by atoms with Gasteiger partial charge >= 0.3 is 0 Å². The van der Waals surface area contributed by atoms with Gasteiger partial charge in [-0.2, -0.15) is 5.10 Å². The first-order valence-electron chi connectivity index (χ1n) is 7.55. The van der Waals surface area contributed by atoms with Crippen molar-refractivity contribution in [3.05, 3.63) is 73.1 Å². The summed E-state index contributed by atoms with van der Waals surface area (Å²) in [5.74, 6) is 0.234. The highest BCUT2D eigenvalue weighted by Gasteiger charge is 2.18. The van der Waals surface area contributed by atoms with Gasteiger partial charge in [0, 0.05) is 24.2 Å². The van der Waals surface area contributed by atoms with E-state index in [1.165, 1.54) is 22.9 Å². The van der Waals surface area contributed by atoms with Gasteiger partial charge in [0.1, 0.15) is 17.2 Å². The minimum absolute atomic E-state index is 0.210. The Labute approximate surface area is 172 Å². The van der Waals surface area contributed by atoms with Crippen molar-refractivity contribution in [2.24, 2.45) is 7.05 Å². The highest BCUT2D eigenvalue weighted by Crippen LogP contribution is 2.30. The molecule has 0 fully saturated rings. The molecule has 0 atom stereocenters. The Morgan fingerprint density at radius 3 is 2.56 bits per heavy atom. The SMILES string of the molecule is Cn1ncc(I)c1C(=O)Nc1cc(Oc2ccc(Cl)cc2)cc([N+](=O)[O-])c1. The van der Waals surface area contributed by atoms with Gasteiger partial charge in [0.05, 0.1) is 26.4 Å². The number of carbonyl (C=O) groups excluding carboxylic acids is 1. The number of halogens is 2. The summed E-state index contributed by atoms with van der Waals surface area (Å²) in [6, 6.07) is 10.6.